The molecule has 0 saturated heterocycles. The number of benzene rings is 1. The maximum absolute atomic E-state index is 10.7. The van der Waals surface area contributed by atoms with Gasteiger partial charge in [-0.2, -0.15) is 0 Å². The summed E-state index contributed by atoms with van der Waals surface area (Å²) in [5.74, 6) is -1.10. The number of anilines is 1. The van der Waals surface area contributed by atoms with E-state index in [1.54, 1.807) is 12.1 Å². The lowest BCUT2D eigenvalue weighted by atomic mass is 10.2. The van der Waals surface area contributed by atoms with Crippen molar-refractivity contribution in [2.75, 3.05) is 17.6 Å². The van der Waals surface area contributed by atoms with Gasteiger partial charge >= 0.3 is 5.97 Å². The highest BCUT2D eigenvalue weighted by Gasteiger charge is 2.04. The molecule has 0 saturated carbocycles. The van der Waals surface area contributed by atoms with Crippen LogP contribution in [0, 0.1) is 0 Å². The number of primary sulfonamides is 1. The van der Waals surface area contributed by atoms with Gasteiger partial charge in [-0.05, 0) is 24.6 Å². The van der Waals surface area contributed by atoms with E-state index in [-0.39, 0.29) is 11.3 Å². The van der Waals surface area contributed by atoms with Gasteiger partial charge < -0.3 is 10.4 Å². The summed E-state index contributed by atoms with van der Waals surface area (Å²) in [4.78, 5) is 10.7. The minimum Gasteiger partial charge on any atom is -0.478 e. The predicted octanol–water partition coefficient (Wildman–Crippen LogP) is 0.475. The largest absolute Gasteiger partial charge is 0.478 e. The Morgan fingerprint density at radius 2 is 2.12 bits per heavy atom. The van der Waals surface area contributed by atoms with Gasteiger partial charge in [0.25, 0.3) is 0 Å². The van der Waals surface area contributed by atoms with Crippen molar-refractivity contribution < 1.29 is 18.3 Å². The minimum absolute atomic E-state index is 0.0986. The molecule has 0 aromatic heterocycles. The molecule has 0 aliphatic carbocycles. The van der Waals surface area contributed by atoms with Crippen LogP contribution >= 0.6 is 0 Å². The summed E-state index contributed by atoms with van der Waals surface area (Å²) >= 11 is 0. The number of nitrogens with one attached hydrogen (secondary N) is 1. The molecule has 0 amide bonds. The van der Waals surface area contributed by atoms with E-state index in [2.05, 4.69) is 5.32 Å². The Bertz CT molecular complexity index is 499. The second kappa shape index (κ2) is 5.65. The molecule has 17 heavy (non-hydrogen) atoms. The van der Waals surface area contributed by atoms with Gasteiger partial charge in [0.15, 0.2) is 0 Å². The van der Waals surface area contributed by atoms with Gasteiger partial charge in [-0.3, -0.25) is 0 Å². The molecule has 0 radical (unpaired) electrons. The van der Waals surface area contributed by atoms with Crippen LogP contribution in [-0.4, -0.2) is 31.8 Å². The third-order valence-electron chi connectivity index (χ3n) is 2.04. The Morgan fingerprint density at radius 3 is 2.71 bits per heavy atom. The Balaban J connectivity index is 2.47. The molecule has 0 aliphatic rings. The zero-order valence-electron chi connectivity index (χ0n) is 9.09. The topological polar surface area (TPSA) is 109 Å². The fourth-order valence-electron chi connectivity index (χ4n) is 1.27. The van der Waals surface area contributed by atoms with Crippen molar-refractivity contribution in [1.29, 1.82) is 0 Å². The quantitative estimate of drug-likeness (QED) is 0.643. The highest BCUT2D eigenvalue weighted by Crippen LogP contribution is 2.10. The molecule has 1 rings (SSSR count). The lowest BCUT2D eigenvalue weighted by Crippen LogP contribution is -2.18. The molecule has 0 unspecified atom stereocenters. The molecule has 0 heterocycles. The van der Waals surface area contributed by atoms with E-state index in [4.69, 9.17) is 10.2 Å². The molecule has 0 bridgehead atoms. The molecular formula is C10H14N2O4S. The first-order valence-electron chi connectivity index (χ1n) is 4.96. The summed E-state index contributed by atoms with van der Waals surface area (Å²) in [5, 5.41) is 16.5. The Labute approximate surface area is 99.5 Å². The van der Waals surface area contributed by atoms with Crippen molar-refractivity contribution in [3.05, 3.63) is 29.8 Å². The standard InChI is InChI=1S/C10H14N2O4S/c11-17(15,16)6-2-5-12-9-4-1-3-8(7-9)10(13)14/h1,3-4,7,12H,2,5-6H2,(H,13,14)(H2,11,15,16). The molecule has 94 valence electrons. The molecule has 1 aromatic carbocycles. The maximum atomic E-state index is 10.7. The second-order valence-electron chi connectivity index (χ2n) is 3.53. The van der Waals surface area contributed by atoms with Crippen LogP contribution in [0.1, 0.15) is 16.8 Å². The molecule has 0 aliphatic heterocycles. The lowest BCUT2D eigenvalue weighted by Gasteiger charge is -2.06. The molecule has 4 N–H and O–H groups in total. The Morgan fingerprint density at radius 1 is 1.41 bits per heavy atom. The van der Waals surface area contributed by atoms with Crippen LogP contribution in [0.15, 0.2) is 24.3 Å². The fraction of sp³-hybridized carbons (Fsp3) is 0.300. The summed E-state index contributed by atoms with van der Waals surface area (Å²) in [6, 6.07) is 6.30. The summed E-state index contributed by atoms with van der Waals surface area (Å²) in [6.45, 7) is 0.416. The van der Waals surface area contributed by atoms with Crippen molar-refractivity contribution in [1.82, 2.24) is 0 Å². The summed E-state index contributed by atoms with van der Waals surface area (Å²) in [6.07, 6.45) is 0.371. The smallest absolute Gasteiger partial charge is 0.335 e. The monoisotopic (exact) mass is 258 g/mol. The van der Waals surface area contributed by atoms with E-state index in [1.165, 1.54) is 12.1 Å². The number of hydrogen-bond acceptors (Lipinski definition) is 4. The van der Waals surface area contributed by atoms with E-state index >= 15 is 0 Å². The average molecular weight is 258 g/mol. The van der Waals surface area contributed by atoms with Crippen molar-refractivity contribution in [3.8, 4) is 0 Å². The number of sulfonamides is 1. The van der Waals surface area contributed by atoms with Crippen molar-refractivity contribution in [2.45, 2.75) is 6.42 Å². The van der Waals surface area contributed by atoms with E-state index in [0.29, 0.717) is 18.7 Å². The number of carbonyl (C=O) groups is 1. The molecule has 1 aromatic rings. The van der Waals surface area contributed by atoms with E-state index in [1.807, 2.05) is 0 Å². The highest BCUT2D eigenvalue weighted by atomic mass is 32.2. The summed E-state index contributed by atoms with van der Waals surface area (Å²) in [5.41, 5.74) is 0.820. The van der Waals surface area contributed by atoms with Gasteiger partial charge in [-0.15, -0.1) is 0 Å². The van der Waals surface area contributed by atoms with Crippen LogP contribution < -0.4 is 10.5 Å². The van der Waals surface area contributed by atoms with Crippen LogP contribution in [0.25, 0.3) is 0 Å². The van der Waals surface area contributed by atoms with E-state index in [9.17, 15) is 13.2 Å². The van der Waals surface area contributed by atoms with Crippen molar-refractivity contribution in [3.63, 3.8) is 0 Å². The Hall–Kier alpha value is -1.60. The third kappa shape index (κ3) is 5.32. The Kier molecular flexibility index (Phi) is 4.47. The first-order chi connectivity index (χ1) is 7.88. The first-order valence-corrected chi connectivity index (χ1v) is 6.68. The number of nitrogens with two attached hydrogens (primary N) is 1. The van der Waals surface area contributed by atoms with E-state index < -0.39 is 16.0 Å². The summed E-state index contributed by atoms with van der Waals surface area (Å²) in [7, 11) is -3.43. The second-order valence-corrected chi connectivity index (χ2v) is 5.27. The number of hydrogen-bond donors (Lipinski definition) is 3. The predicted molar refractivity (Wildman–Crippen MR) is 64.5 cm³/mol. The van der Waals surface area contributed by atoms with Crippen LogP contribution in [0.2, 0.25) is 0 Å². The van der Waals surface area contributed by atoms with Crippen molar-refractivity contribution >= 4 is 21.7 Å². The zero-order chi connectivity index (χ0) is 12.9. The molecule has 0 spiro atoms. The van der Waals surface area contributed by atoms with E-state index in [0.717, 1.165) is 0 Å². The van der Waals surface area contributed by atoms with Gasteiger partial charge in [0.2, 0.25) is 10.0 Å². The summed E-state index contributed by atoms with van der Waals surface area (Å²) < 4.78 is 21.3. The van der Waals surface area contributed by atoms with Gasteiger partial charge in [0.05, 0.1) is 11.3 Å². The van der Waals surface area contributed by atoms with Gasteiger partial charge in [-0.25, -0.2) is 18.4 Å². The minimum atomic E-state index is -3.43. The average Bonchev–Trinajstić information content (AvgIpc) is 2.23. The van der Waals surface area contributed by atoms with Gasteiger partial charge in [0, 0.05) is 12.2 Å². The number of aromatic carboxylic acids is 1. The SMILES string of the molecule is NS(=O)(=O)CCCNc1cccc(C(=O)O)c1. The lowest BCUT2D eigenvalue weighted by molar-refractivity contribution is 0.0697. The molecule has 6 nitrogen and oxygen atoms in total. The van der Waals surface area contributed by atoms with Crippen LogP contribution in [0.3, 0.4) is 0 Å². The van der Waals surface area contributed by atoms with Crippen LogP contribution in [-0.2, 0) is 10.0 Å². The fourth-order valence-corrected chi connectivity index (χ4v) is 1.81. The normalized spacial score (nSPS) is 11.1. The van der Waals surface area contributed by atoms with Gasteiger partial charge in [-0.1, -0.05) is 6.07 Å². The van der Waals surface area contributed by atoms with Crippen LogP contribution in [0.5, 0.6) is 0 Å². The molecule has 0 atom stereocenters. The maximum Gasteiger partial charge on any atom is 0.335 e. The first kappa shape index (κ1) is 13.5. The van der Waals surface area contributed by atoms with Gasteiger partial charge in [0.1, 0.15) is 0 Å². The number of carboxylic acids is 1. The number of carboxylic acid groups (broad SMARTS) is 1. The highest BCUT2D eigenvalue weighted by molar-refractivity contribution is 7.89. The van der Waals surface area contributed by atoms with Crippen LogP contribution in [0.4, 0.5) is 5.69 Å². The molecular weight excluding hydrogens is 244 g/mol. The number of rotatable bonds is 6. The molecule has 0 fully saturated rings. The third-order valence-corrected chi connectivity index (χ3v) is 2.90. The van der Waals surface area contributed by atoms with Crippen molar-refractivity contribution in [2.24, 2.45) is 5.14 Å². The zero-order valence-corrected chi connectivity index (χ0v) is 9.90. The molecule has 7 heteroatoms.